The van der Waals surface area contributed by atoms with Crippen LogP contribution in [0, 0.1) is 11.6 Å². The molecule has 1 fully saturated rings. The fraction of sp³-hybridized carbons (Fsp3) is 0.400. The first kappa shape index (κ1) is 20.9. The third kappa shape index (κ3) is 4.80. The third-order valence-electron chi connectivity index (χ3n) is 4.69. The van der Waals surface area contributed by atoms with Crippen LogP contribution in [0.25, 0.3) is 0 Å². The van der Waals surface area contributed by atoms with E-state index in [0.717, 1.165) is 18.2 Å². The summed E-state index contributed by atoms with van der Waals surface area (Å²) < 4.78 is 43.1. The fourth-order valence-electron chi connectivity index (χ4n) is 3.21. The van der Waals surface area contributed by atoms with Gasteiger partial charge in [-0.2, -0.15) is 0 Å². The van der Waals surface area contributed by atoms with Crippen molar-refractivity contribution in [2.45, 2.75) is 18.9 Å². The van der Waals surface area contributed by atoms with Crippen LogP contribution in [0.15, 0.2) is 33.5 Å². The summed E-state index contributed by atoms with van der Waals surface area (Å²) in [6, 6.07) is 4.21. The number of hydrogen-bond acceptors (Lipinski definition) is 6. The van der Waals surface area contributed by atoms with Gasteiger partial charge in [0, 0.05) is 32.7 Å². The molecule has 1 saturated heterocycles. The number of carbonyl (C=O) groups is 1. The molecule has 3 rings (SSSR count). The molecule has 0 spiro atoms. The van der Waals surface area contributed by atoms with Gasteiger partial charge in [0.05, 0.1) is 19.1 Å². The van der Waals surface area contributed by atoms with Crippen LogP contribution >= 0.6 is 0 Å². The number of nitrogens with zero attached hydrogens (tertiary/aromatic N) is 1. The van der Waals surface area contributed by atoms with E-state index in [4.69, 9.17) is 13.9 Å². The van der Waals surface area contributed by atoms with Gasteiger partial charge in [0.2, 0.25) is 17.1 Å². The standard InChI is InChI=1S/C20H21F2NO6/c1-27-11-13-9-17(24)19(26)20(29-13)14(12-2-3-15(21)16(22)8-12)10-18(25)23-4-6-28-7-5-23/h2-3,8-9,14,26H,4-7,10-11H2,1H3/t14-/m1/s1. The Balaban J connectivity index is 2.04. The monoisotopic (exact) mass is 409 g/mol. The maximum Gasteiger partial charge on any atom is 0.227 e. The molecular weight excluding hydrogens is 388 g/mol. The average molecular weight is 409 g/mol. The van der Waals surface area contributed by atoms with Crippen molar-refractivity contribution in [1.82, 2.24) is 4.90 Å². The summed E-state index contributed by atoms with van der Waals surface area (Å²) in [5, 5.41) is 10.3. The van der Waals surface area contributed by atoms with Gasteiger partial charge in [0.15, 0.2) is 17.4 Å². The second-order valence-electron chi connectivity index (χ2n) is 6.65. The second kappa shape index (κ2) is 9.15. The average Bonchev–Trinajstić information content (AvgIpc) is 2.72. The summed E-state index contributed by atoms with van der Waals surface area (Å²) in [7, 11) is 1.40. The Hall–Kier alpha value is -2.78. The molecule has 1 aliphatic rings. The lowest BCUT2D eigenvalue weighted by Crippen LogP contribution is -2.41. The van der Waals surface area contributed by atoms with Crippen LogP contribution < -0.4 is 5.43 Å². The van der Waals surface area contributed by atoms with Crippen molar-refractivity contribution < 1.29 is 32.6 Å². The first-order valence-electron chi connectivity index (χ1n) is 9.06. The number of benzene rings is 1. The Labute approximate surface area is 165 Å². The van der Waals surface area contributed by atoms with Crippen molar-refractivity contribution in [2.75, 3.05) is 33.4 Å². The molecule has 0 unspecified atom stereocenters. The molecule has 1 aliphatic heterocycles. The van der Waals surface area contributed by atoms with E-state index < -0.39 is 28.7 Å². The van der Waals surface area contributed by atoms with Gasteiger partial charge in [-0.05, 0) is 17.7 Å². The van der Waals surface area contributed by atoms with Crippen LogP contribution in [0.5, 0.6) is 5.75 Å². The van der Waals surface area contributed by atoms with Crippen molar-refractivity contribution in [3.63, 3.8) is 0 Å². The van der Waals surface area contributed by atoms with Gasteiger partial charge in [0.25, 0.3) is 0 Å². The number of ether oxygens (including phenoxy) is 2. The number of carbonyl (C=O) groups excluding carboxylic acids is 1. The Morgan fingerprint density at radius 3 is 2.62 bits per heavy atom. The Kier molecular flexibility index (Phi) is 6.60. The van der Waals surface area contributed by atoms with E-state index in [-0.39, 0.29) is 36.0 Å². The van der Waals surface area contributed by atoms with E-state index in [0.29, 0.717) is 26.3 Å². The number of amides is 1. The Bertz CT molecular complexity index is 939. The predicted octanol–water partition coefficient (Wildman–Crippen LogP) is 2.15. The topological polar surface area (TPSA) is 89.2 Å². The van der Waals surface area contributed by atoms with Crippen LogP contribution in [0.3, 0.4) is 0 Å². The lowest BCUT2D eigenvalue weighted by atomic mass is 9.91. The molecule has 29 heavy (non-hydrogen) atoms. The van der Waals surface area contributed by atoms with Crippen molar-refractivity contribution in [3.8, 4) is 5.75 Å². The minimum absolute atomic E-state index is 0.0373. The Morgan fingerprint density at radius 1 is 1.24 bits per heavy atom. The highest BCUT2D eigenvalue weighted by molar-refractivity contribution is 5.78. The second-order valence-corrected chi connectivity index (χ2v) is 6.65. The number of hydrogen-bond donors (Lipinski definition) is 1. The van der Waals surface area contributed by atoms with Crippen molar-refractivity contribution in [3.05, 3.63) is 63.2 Å². The van der Waals surface area contributed by atoms with Crippen LogP contribution in [0.1, 0.15) is 29.4 Å². The zero-order valence-electron chi connectivity index (χ0n) is 15.8. The maximum atomic E-state index is 13.9. The SMILES string of the molecule is COCc1cc(=O)c(O)c([C@H](CC(=O)N2CCOCC2)c2ccc(F)c(F)c2)o1. The highest BCUT2D eigenvalue weighted by Gasteiger charge is 2.29. The van der Waals surface area contributed by atoms with Gasteiger partial charge >= 0.3 is 0 Å². The van der Waals surface area contributed by atoms with Crippen molar-refractivity contribution in [2.24, 2.45) is 0 Å². The number of halogens is 2. The molecule has 156 valence electrons. The van der Waals surface area contributed by atoms with Gasteiger partial charge in [0.1, 0.15) is 12.4 Å². The molecule has 1 atom stereocenters. The molecule has 1 amide bonds. The molecule has 1 N–H and O–H groups in total. The number of morpholine rings is 1. The molecule has 1 aromatic heterocycles. The van der Waals surface area contributed by atoms with E-state index >= 15 is 0 Å². The molecule has 7 nitrogen and oxygen atoms in total. The van der Waals surface area contributed by atoms with Crippen LogP contribution in [0.2, 0.25) is 0 Å². The van der Waals surface area contributed by atoms with Crippen LogP contribution in [0.4, 0.5) is 8.78 Å². The molecule has 1 aromatic carbocycles. The molecular formula is C20H21F2NO6. The van der Waals surface area contributed by atoms with Crippen molar-refractivity contribution >= 4 is 5.91 Å². The zero-order valence-corrected chi connectivity index (χ0v) is 15.8. The first-order valence-corrected chi connectivity index (χ1v) is 9.06. The smallest absolute Gasteiger partial charge is 0.227 e. The molecule has 0 radical (unpaired) electrons. The summed E-state index contributed by atoms with van der Waals surface area (Å²) in [5.74, 6) is -4.19. The normalized spacial score (nSPS) is 15.3. The lowest BCUT2D eigenvalue weighted by molar-refractivity contribution is -0.135. The van der Waals surface area contributed by atoms with E-state index in [1.54, 1.807) is 4.90 Å². The molecule has 2 aromatic rings. The van der Waals surface area contributed by atoms with Gasteiger partial charge < -0.3 is 23.9 Å². The summed E-state index contributed by atoms with van der Waals surface area (Å²) in [6.45, 7) is 1.53. The quantitative estimate of drug-likeness (QED) is 0.787. The largest absolute Gasteiger partial charge is 0.502 e. The minimum atomic E-state index is -1.11. The molecule has 0 bridgehead atoms. The summed E-state index contributed by atoms with van der Waals surface area (Å²) in [6.07, 6.45) is -0.210. The summed E-state index contributed by atoms with van der Waals surface area (Å²) in [5.41, 5.74) is -0.525. The molecule has 9 heteroatoms. The van der Waals surface area contributed by atoms with Gasteiger partial charge in [-0.25, -0.2) is 8.78 Å². The molecule has 0 aliphatic carbocycles. The lowest BCUT2D eigenvalue weighted by Gasteiger charge is -2.28. The van der Waals surface area contributed by atoms with E-state index in [1.807, 2.05) is 0 Å². The van der Waals surface area contributed by atoms with Gasteiger partial charge in [-0.3, -0.25) is 9.59 Å². The van der Waals surface area contributed by atoms with Crippen LogP contribution in [-0.2, 0) is 20.9 Å². The van der Waals surface area contributed by atoms with E-state index in [1.165, 1.54) is 13.2 Å². The number of aromatic hydroxyl groups is 1. The summed E-state index contributed by atoms with van der Waals surface area (Å²) in [4.78, 5) is 26.5. The highest BCUT2D eigenvalue weighted by Crippen LogP contribution is 2.34. The predicted molar refractivity (Wildman–Crippen MR) is 97.6 cm³/mol. The molecule has 0 saturated carbocycles. The zero-order chi connectivity index (χ0) is 21.0. The van der Waals surface area contributed by atoms with E-state index in [9.17, 15) is 23.5 Å². The number of rotatable bonds is 6. The van der Waals surface area contributed by atoms with E-state index in [2.05, 4.69) is 0 Å². The summed E-state index contributed by atoms with van der Waals surface area (Å²) >= 11 is 0. The van der Waals surface area contributed by atoms with Gasteiger partial charge in [-0.1, -0.05) is 6.07 Å². The first-order chi connectivity index (χ1) is 13.9. The fourth-order valence-corrected chi connectivity index (χ4v) is 3.21. The highest BCUT2D eigenvalue weighted by atomic mass is 19.2. The third-order valence-corrected chi connectivity index (χ3v) is 4.69. The number of methoxy groups -OCH3 is 1. The minimum Gasteiger partial charge on any atom is -0.502 e. The van der Waals surface area contributed by atoms with Crippen molar-refractivity contribution in [1.29, 1.82) is 0 Å². The van der Waals surface area contributed by atoms with Crippen LogP contribution in [-0.4, -0.2) is 49.3 Å². The molecule has 2 heterocycles. The maximum absolute atomic E-state index is 13.9. The Morgan fingerprint density at radius 2 is 1.97 bits per heavy atom. The van der Waals surface area contributed by atoms with Gasteiger partial charge in [-0.15, -0.1) is 0 Å².